The molecule has 4 aliphatic carbocycles. The van der Waals surface area contributed by atoms with Crippen LogP contribution in [0.3, 0.4) is 0 Å². The second kappa shape index (κ2) is 10.3. The van der Waals surface area contributed by atoms with Crippen molar-refractivity contribution in [3.63, 3.8) is 0 Å². The molecule has 1 aliphatic heterocycles. The van der Waals surface area contributed by atoms with Crippen molar-refractivity contribution in [2.75, 3.05) is 19.7 Å². The second-order valence-corrected chi connectivity index (χ2v) is 11.8. The van der Waals surface area contributed by atoms with Crippen LogP contribution in [0.5, 0.6) is 5.75 Å². The Morgan fingerprint density at radius 2 is 2.05 bits per heavy atom. The van der Waals surface area contributed by atoms with Gasteiger partial charge >= 0.3 is 0 Å². The smallest absolute Gasteiger partial charge is 0.247 e. The van der Waals surface area contributed by atoms with Crippen LogP contribution in [0.25, 0.3) is 0 Å². The highest BCUT2D eigenvalue weighted by molar-refractivity contribution is 5.96. The Morgan fingerprint density at radius 3 is 2.76 bits per heavy atom. The van der Waals surface area contributed by atoms with Crippen LogP contribution in [0.15, 0.2) is 48.6 Å². The number of fused-ring (bicyclic) bond motifs is 5. The summed E-state index contributed by atoms with van der Waals surface area (Å²) < 4.78 is 6.23. The molecule has 3 N–H and O–H groups in total. The van der Waals surface area contributed by atoms with Gasteiger partial charge < -0.3 is 25.2 Å². The van der Waals surface area contributed by atoms with Crippen molar-refractivity contribution >= 4 is 11.8 Å². The van der Waals surface area contributed by atoms with Gasteiger partial charge in [-0.25, -0.2) is 0 Å². The van der Waals surface area contributed by atoms with Gasteiger partial charge in [0.05, 0.1) is 18.6 Å². The molecule has 37 heavy (non-hydrogen) atoms. The molecule has 0 spiro atoms. The monoisotopic (exact) mass is 508 g/mol. The molecule has 3 fully saturated rings. The number of allylic oxidation sites excluding steroid dienone is 1. The van der Waals surface area contributed by atoms with Crippen molar-refractivity contribution in [1.82, 2.24) is 10.2 Å². The lowest BCUT2D eigenvalue weighted by Gasteiger charge is -2.61. The molecule has 7 heteroatoms. The highest BCUT2D eigenvalue weighted by Crippen LogP contribution is 2.61. The molecule has 200 valence electrons. The standard InChI is InChI=1S/C30H40N2O5/c1-4-5-10-25(34)32(17-18-11-12-19-15-22(18)30(19,2)3)23-16-21(29(36)31-13-14-33)26-20-8-6-7-9-24(20)37-28(26)27(23)35/h4,6-9,16,18-19,22-23,26-28,33,35H,1,5,10-15,17H2,2-3H3,(H,31,36). The first-order valence-electron chi connectivity index (χ1n) is 13.7. The number of aliphatic hydroxyl groups excluding tert-OH is 2. The van der Waals surface area contributed by atoms with E-state index >= 15 is 0 Å². The van der Waals surface area contributed by atoms with Crippen molar-refractivity contribution < 1.29 is 24.5 Å². The molecule has 2 bridgehead atoms. The Morgan fingerprint density at radius 1 is 1.27 bits per heavy atom. The van der Waals surface area contributed by atoms with Crippen molar-refractivity contribution in [3.8, 4) is 5.75 Å². The van der Waals surface area contributed by atoms with Gasteiger partial charge in [-0.05, 0) is 61.0 Å². The molecular formula is C30H40N2O5. The predicted octanol–water partition coefficient (Wildman–Crippen LogP) is 3.18. The van der Waals surface area contributed by atoms with Gasteiger partial charge in [-0.3, -0.25) is 9.59 Å². The fourth-order valence-corrected chi connectivity index (χ4v) is 7.38. The zero-order valence-corrected chi connectivity index (χ0v) is 21.9. The van der Waals surface area contributed by atoms with E-state index in [1.165, 1.54) is 12.8 Å². The fraction of sp³-hybridized carbons (Fsp3) is 0.600. The molecule has 1 aromatic rings. The Labute approximate surface area is 219 Å². The molecule has 0 radical (unpaired) electrons. The first-order valence-corrected chi connectivity index (χ1v) is 13.7. The number of nitrogens with one attached hydrogen (secondary N) is 1. The molecule has 1 aromatic carbocycles. The molecule has 0 saturated heterocycles. The molecule has 7 unspecified atom stereocenters. The van der Waals surface area contributed by atoms with Crippen molar-refractivity contribution in [1.29, 1.82) is 0 Å². The van der Waals surface area contributed by atoms with Gasteiger partial charge in [-0.15, -0.1) is 6.58 Å². The van der Waals surface area contributed by atoms with E-state index in [9.17, 15) is 19.8 Å². The van der Waals surface area contributed by atoms with Crippen LogP contribution in [0.4, 0.5) is 0 Å². The maximum atomic E-state index is 13.6. The molecule has 5 aliphatic rings. The zero-order valence-electron chi connectivity index (χ0n) is 21.9. The minimum Gasteiger partial charge on any atom is -0.486 e. The van der Waals surface area contributed by atoms with Crippen LogP contribution in [0.2, 0.25) is 0 Å². The molecule has 6 rings (SSSR count). The first-order chi connectivity index (χ1) is 17.8. The van der Waals surface area contributed by atoms with Crippen LogP contribution < -0.4 is 10.1 Å². The van der Waals surface area contributed by atoms with E-state index in [0.29, 0.717) is 42.5 Å². The number of hydrogen-bond acceptors (Lipinski definition) is 5. The quantitative estimate of drug-likeness (QED) is 0.445. The van der Waals surface area contributed by atoms with E-state index in [-0.39, 0.29) is 30.4 Å². The Bertz CT molecular complexity index is 1080. The van der Waals surface area contributed by atoms with Crippen LogP contribution in [0, 0.1) is 23.2 Å². The van der Waals surface area contributed by atoms with Gasteiger partial charge in [0.2, 0.25) is 11.8 Å². The SMILES string of the molecule is C=CCCC(=O)N(CC1CCC2CC1C2(C)C)C1C=C(C(=O)NCCO)C2c3ccccc3OC2C1O. The Hall–Kier alpha value is -2.64. The number of benzene rings is 1. The molecule has 3 saturated carbocycles. The minimum absolute atomic E-state index is 0.0384. The third-order valence-corrected chi connectivity index (χ3v) is 9.55. The largest absolute Gasteiger partial charge is 0.486 e. The van der Waals surface area contributed by atoms with Gasteiger partial charge in [0.1, 0.15) is 18.0 Å². The Balaban J connectivity index is 1.50. The zero-order chi connectivity index (χ0) is 26.3. The lowest BCUT2D eigenvalue weighted by molar-refractivity contribution is -0.146. The van der Waals surface area contributed by atoms with E-state index < -0.39 is 24.2 Å². The third-order valence-electron chi connectivity index (χ3n) is 9.55. The number of nitrogens with zero attached hydrogens (tertiary/aromatic N) is 1. The third kappa shape index (κ3) is 4.50. The lowest BCUT2D eigenvalue weighted by atomic mass is 9.45. The van der Waals surface area contributed by atoms with Gasteiger partial charge in [0.15, 0.2) is 0 Å². The summed E-state index contributed by atoms with van der Waals surface area (Å²) in [5, 5.41) is 23.8. The van der Waals surface area contributed by atoms with Gasteiger partial charge in [-0.2, -0.15) is 0 Å². The summed E-state index contributed by atoms with van der Waals surface area (Å²) in [6, 6.07) is 6.86. The van der Waals surface area contributed by atoms with Gasteiger partial charge in [0.25, 0.3) is 0 Å². The average molecular weight is 509 g/mol. The second-order valence-electron chi connectivity index (χ2n) is 11.8. The summed E-state index contributed by atoms with van der Waals surface area (Å²) in [6.07, 6.45) is 6.19. The predicted molar refractivity (Wildman–Crippen MR) is 141 cm³/mol. The van der Waals surface area contributed by atoms with E-state index in [1.54, 1.807) is 12.2 Å². The molecule has 7 nitrogen and oxygen atoms in total. The van der Waals surface area contributed by atoms with Crippen LogP contribution in [0.1, 0.15) is 57.4 Å². The van der Waals surface area contributed by atoms with E-state index in [2.05, 4.69) is 25.7 Å². The average Bonchev–Trinajstić information content (AvgIpc) is 3.29. The molecule has 2 amide bonds. The summed E-state index contributed by atoms with van der Waals surface area (Å²) in [5.41, 5.74) is 1.61. The van der Waals surface area contributed by atoms with E-state index in [1.807, 2.05) is 29.2 Å². The highest BCUT2D eigenvalue weighted by Gasteiger charge is 2.56. The number of carbonyl (C=O) groups excluding carboxylic acids is 2. The van der Waals surface area contributed by atoms with E-state index in [0.717, 1.165) is 17.9 Å². The maximum absolute atomic E-state index is 13.6. The van der Waals surface area contributed by atoms with Crippen LogP contribution in [-0.2, 0) is 9.59 Å². The number of hydrogen-bond donors (Lipinski definition) is 3. The highest BCUT2D eigenvalue weighted by atomic mass is 16.5. The number of ether oxygens (including phenoxy) is 1. The molecule has 7 atom stereocenters. The Kier molecular flexibility index (Phi) is 7.20. The number of amides is 2. The van der Waals surface area contributed by atoms with Crippen molar-refractivity contribution in [2.45, 2.75) is 70.1 Å². The summed E-state index contributed by atoms with van der Waals surface area (Å²) >= 11 is 0. The number of aliphatic hydroxyl groups is 2. The van der Waals surface area contributed by atoms with E-state index in [4.69, 9.17) is 4.74 Å². The first kappa shape index (κ1) is 26.0. The summed E-state index contributed by atoms with van der Waals surface area (Å²) in [7, 11) is 0. The van der Waals surface area contributed by atoms with Crippen LogP contribution >= 0.6 is 0 Å². The summed E-state index contributed by atoms with van der Waals surface area (Å²) in [6.45, 7) is 8.98. The van der Waals surface area contributed by atoms with Crippen molar-refractivity contribution in [2.24, 2.45) is 23.2 Å². The normalized spacial score (nSPS) is 32.6. The molecule has 0 aromatic heterocycles. The van der Waals surface area contributed by atoms with Gasteiger partial charge in [0, 0.05) is 30.6 Å². The number of para-hydroxylation sites is 1. The van der Waals surface area contributed by atoms with Crippen molar-refractivity contribution in [3.05, 3.63) is 54.1 Å². The molecule has 1 heterocycles. The molecular weight excluding hydrogens is 468 g/mol. The minimum atomic E-state index is -0.981. The maximum Gasteiger partial charge on any atom is 0.247 e. The fourth-order valence-electron chi connectivity index (χ4n) is 7.38. The van der Waals surface area contributed by atoms with Crippen LogP contribution in [-0.4, -0.2) is 64.9 Å². The summed E-state index contributed by atoms with van der Waals surface area (Å²) in [5.74, 6) is 1.54. The summed E-state index contributed by atoms with van der Waals surface area (Å²) in [4.78, 5) is 28.8. The number of rotatable bonds is 9. The lowest BCUT2D eigenvalue weighted by Crippen LogP contribution is -2.59. The topological polar surface area (TPSA) is 99.1 Å². The van der Waals surface area contributed by atoms with Gasteiger partial charge in [-0.1, -0.05) is 38.1 Å². The number of carbonyl (C=O) groups is 2.